The van der Waals surface area contributed by atoms with E-state index in [0.717, 1.165) is 29.3 Å². The van der Waals surface area contributed by atoms with Crippen LogP contribution in [0, 0.1) is 0 Å². The quantitative estimate of drug-likeness (QED) is 0.120. The van der Waals surface area contributed by atoms with E-state index in [0.29, 0.717) is 30.2 Å². The molecule has 0 bridgehead atoms. The van der Waals surface area contributed by atoms with Crippen molar-refractivity contribution in [3.63, 3.8) is 0 Å². The van der Waals surface area contributed by atoms with Crippen LogP contribution in [0.15, 0.2) is 71.6 Å². The van der Waals surface area contributed by atoms with Crippen molar-refractivity contribution >= 4 is 21.7 Å². The topological polar surface area (TPSA) is 103 Å². The van der Waals surface area contributed by atoms with Crippen molar-refractivity contribution in [2.75, 3.05) is 32.6 Å². The predicted octanol–water partition coefficient (Wildman–Crippen LogP) is 6.41. The summed E-state index contributed by atoms with van der Waals surface area (Å²) < 4.78 is 45.2. The van der Waals surface area contributed by atoms with Gasteiger partial charge in [-0.1, -0.05) is 61.5 Å². The predicted molar refractivity (Wildman–Crippen MR) is 154 cm³/mol. The van der Waals surface area contributed by atoms with Crippen LogP contribution < -0.4 is 14.8 Å². The number of ether oxygens (including phenoxy) is 3. The molecule has 0 saturated heterocycles. The minimum absolute atomic E-state index is 0.00576. The molecule has 40 heavy (non-hydrogen) atoms. The summed E-state index contributed by atoms with van der Waals surface area (Å²) in [7, 11) is -1.33. The number of sulfonamides is 1. The van der Waals surface area contributed by atoms with Crippen LogP contribution in [0.3, 0.4) is 0 Å². The van der Waals surface area contributed by atoms with E-state index in [4.69, 9.17) is 19.0 Å². The number of carbonyl (C=O) groups is 1. The summed E-state index contributed by atoms with van der Waals surface area (Å²) in [6.45, 7) is 4.82. The first-order valence-corrected chi connectivity index (χ1v) is 14.8. The fourth-order valence-electron chi connectivity index (χ4n) is 3.65. The van der Waals surface area contributed by atoms with Crippen LogP contribution in [0.2, 0.25) is 0 Å². The van der Waals surface area contributed by atoms with Crippen LogP contribution >= 0.6 is 0 Å². The van der Waals surface area contributed by atoms with Crippen molar-refractivity contribution < 1.29 is 32.3 Å². The number of para-hydroxylation sites is 1. The van der Waals surface area contributed by atoms with Gasteiger partial charge in [-0.05, 0) is 54.8 Å². The minimum Gasteiger partial charge on any atom is -0.497 e. The van der Waals surface area contributed by atoms with Crippen LogP contribution in [0.25, 0.3) is 0 Å². The average Bonchev–Trinajstić information content (AvgIpc) is 2.97. The third-order valence-electron chi connectivity index (χ3n) is 6.02. The van der Waals surface area contributed by atoms with E-state index in [1.807, 2.05) is 13.0 Å². The standard InChI is InChI=1S/C30H38N2O7S/c1-5-7-18-31-27-20-24(30(33)37-22-23-14-16-25(36-4)17-15-23)21-28(29(27)39-26-12-10-9-11-13-26)40(34,35)32(3)38-19-8-6-2/h9-17,20-21,31H,5-8,18-19,22H2,1-4H3. The third kappa shape index (κ3) is 8.45. The van der Waals surface area contributed by atoms with E-state index in [1.54, 1.807) is 61.7 Å². The molecule has 3 rings (SSSR count). The molecule has 0 heterocycles. The fraction of sp³-hybridized carbons (Fsp3) is 0.367. The summed E-state index contributed by atoms with van der Waals surface area (Å²) in [6.07, 6.45) is 3.29. The van der Waals surface area contributed by atoms with E-state index in [9.17, 15) is 13.2 Å². The number of methoxy groups -OCH3 is 1. The maximum absolute atomic E-state index is 13.8. The van der Waals surface area contributed by atoms with Gasteiger partial charge < -0.3 is 19.5 Å². The molecule has 0 unspecified atom stereocenters. The molecular formula is C30H38N2O7S. The molecule has 3 aromatic rings. The van der Waals surface area contributed by atoms with Crippen molar-refractivity contribution in [2.24, 2.45) is 0 Å². The molecule has 9 nitrogen and oxygen atoms in total. The van der Waals surface area contributed by atoms with E-state index in [1.165, 1.54) is 13.1 Å². The van der Waals surface area contributed by atoms with Crippen LogP contribution in [0.5, 0.6) is 17.2 Å². The maximum Gasteiger partial charge on any atom is 0.338 e. The van der Waals surface area contributed by atoms with Gasteiger partial charge in [0, 0.05) is 13.6 Å². The molecular weight excluding hydrogens is 532 g/mol. The Morgan fingerprint density at radius 2 is 1.62 bits per heavy atom. The molecule has 1 N–H and O–H groups in total. The third-order valence-corrected chi connectivity index (χ3v) is 7.66. The number of anilines is 1. The Kier molecular flexibility index (Phi) is 11.8. The molecule has 0 amide bonds. The number of hydrogen-bond acceptors (Lipinski definition) is 8. The second kappa shape index (κ2) is 15.3. The van der Waals surface area contributed by atoms with E-state index in [2.05, 4.69) is 12.2 Å². The van der Waals surface area contributed by atoms with Gasteiger partial charge in [-0.2, -0.15) is 0 Å². The number of unbranched alkanes of at least 4 members (excludes halogenated alkanes) is 2. The molecule has 0 saturated carbocycles. The molecule has 0 aromatic heterocycles. The van der Waals surface area contributed by atoms with Gasteiger partial charge in [0.05, 0.1) is 25.0 Å². The Bertz CT molecular complexity index is 1330. The van der Waals surface area contributed by atoms with Crippen molar-refractivity contribution in [2.45, 2.75) is 51.0 Å². The molecule has 10 heteroatoms. The zero-order chi connectivity index (χ0) is 29.0. The number of benzene rings is 3. The monoisotopic (exact) mass is 570 g/mol. The fourth-order valence-corrected chi connectivity index (χ4v) is 4.81. The number of hydrogen-bond donors (Lipinski definition) is 1. The van der Waals surface area contributed by atoms with Gasteiger partial charge in [0.15, 0.2) is 5.75 Å². The normalized spacial score (nSPS) is 11.3. The maximum atomic E-state index is 13.8. The van der Waals surface area contributed by atoms with Gasteiger partial charge in [0.1, 0.15) is 23.0 Å². The van der Waals surface area contributed by atoms with Crippen LogP contribution in [-0.2, 0) is 26.2 Å². The summed E-state index contributed by atoms with van der Waals surface area (Å²) in [5.74, 6) is 0.528. The van der Waals surface area contributed by atoms with E-state index >= 15 is 0 Å². The Balaban J connectivity index is 2.03. The Morgan fingerprint density at radius 1 is 0.925 bits per heavy atom. The van der Waals surface area contributed by atoms with Gasteiger partial charge in [0.25, 0.3) is 10.0 Å². The lowest BCUT2D eigenvalue weighted by Crippen LogP contribution is -2.28. The average molecular weight is 571 g/mol. The second-order valence-corrected chi connectivity index (χ2v) is 11.0. The summed E-state index contributed by atoms with van der Waals surface area (Å²) in [5, 5.41) is 3.25. The number of esters is 1. The van der Waals surface area contributed by atoms with Crippen LogP contribution in [0.4, 0.5) is 5.69 Å². The molecule has 0 aliphatic heterocycles. The largest absolute Gasteiger partial charge is 0.497 e. The highest BCUT2D eigenvalue weighted by Gasteiger charge is 2.30. The van der Waals surface area contributed by atoms with Crippen molar-refractivity contribution in [3.05, 3.63) is 77.9 Å². The smallest absolute Gasteiger partial charge is 0.338 e. The first-order valence-electron chi connectivity index (χ1n) is 13.4. The van der Waals surface area contributed by atoms with Gasteiger partial charge in [-0.25, -0.2) is 13.2 Å². The summed E-state index contributed by atoms with van der Waals surface area (Å²) in [5.41, 5.74) is 1.18. The minimum atomic E-state index is -4.23. The van der Waals surface area contributed by atoms with E-state index < -0.39 is 16.0 Å². The highest BCUT2D eigenvalue weighted by molar-refractivity contribution is 7.89. The Labute approximate surface area is 237 Å². The molecule has 0 aliphatic rings. The Hall–Kier alpha value is -3.60. The van der Waals surface area contributed by atoms with E-state index in [-0.39, 0.29) is 29.4 Å². The molecule has 0 fully saturated rings. The molecule has 0 radical (unpaired) electrons. The molecule has 0 spiro atoms. The molecule has 0 aliphatic carbocycles. The first kappa shape index (κ1) is 30.9. The zero-order valence-electron chi connectivity index (χ0n) is 23.5. The summed E-state index contributed by atoms with van der Waals surface area (Å²) in [6, 6.07) is 18.8. The summed E-state index contributed by atoms with van der Waals surface area (Å²) in [4.78, 5) is 18.5. The summed E-state index contributed by atoms with van der Waals surface area (Å²) >= 11 is 0. The van der Waals surface area contributed by atoms with Crippen LogP contribution in [-0.4, -0.2) is 46.2 Å². The lowest BCUT2D eigenvalue weighted by molar-refractivity contribution is -0.0659. The lowest BCUT2D eigenvalue weighted by Gasteiger charge is -2.22. The number of carbonyl (C=O) groups excluding carboxylic acids is 1. The SMILES string of the molecule is CCCCNc1cc(C(=O)OCc2ccc(OC)cc2)cc(S(=O)(=O)N(C)OCCCC)c1Oc1ccccc1. The highest BCUT2D eigenvalue weighted by Crippen LogP contribution is 2.39. The van der Waals surface area contributed by atoms with Gasteiger partial charge in [0.2, 0.25) is 0 Å². The number of nitrogens with zero attached hydrogens (tertiary/aromatic N) is 1. The van der Waals surface area contributed by atoms with Gasteiger partial charge in [-0.3, -0.25) is 4.84 Å². The molecule has 216 valence electrons. The lowest BCUT2D eigenvalue weighted by atomic mass is 10.1. The van der Waals surface area contributed by atoms with Crippen molar-refractivity contribution in [3.8, 4) is 17.2 Å². The second-order valence-electron chi connectivity index (χ2n) is 9.07. The molecule has 0 atom stereocenters. The Morgan fingerprint density at radius 3 is 2.27 bits per heavy atom. The number of hydroxylamine groups is 1. The van der Waals surface area contributed by atoms with Gasteiger partial charge in [-0.15, -0.1) is 0 Å². The number of rotatable bonds is 16. The van der Waals surface area contributed by atoms with Gasteiger partial charge >= 0.3 is 5.97 Å². The van der Waals surface area contributed by atoms with Crippen molar-refractivity contribution in [1.29, 1.82) is 0 Å². The first-order chi connectivity index (χ1) is 19.3. The zero-order valence-corrected chi connectivity index (χ0v) is 24.3. The highest BCUT2D eigenvalue weighted by atomic mass is 32.2. The van der Waals surface area contributed by atoms with Crippen molar-refractivity contribution in [1.82, 2.24) is 4.47 Å². The van der Waals surface area contributed by atoms with Crippen LogP contribution in [0.1, 0.15) is 55.5 Å². The number of nitrogens with one attached hydrogen (secondary N) is 1. The molecule has 3 aromatic carbocycles.